The monoisotopic (exact) mass is 482 g/mol. The van der Waals surface area contributed by atoms with Gasteiger partial charge in [0.2, 0.25) is 5.91 Å². The van der Waals surface area contributed by atoms with Crippen LogP contribution in [-0.2, 0) is 14.3 Å². The van der Waals surface area contributed by atoms with E-state index in [0.717, 1.165) is 16.0 Å². The van der Waals surface area contributed by atoms with Gasteiger partial charge in [0.15, 0.2) is 0 Å². The zero-order valence-corrected chi connectivity index (χ0v) is 19.8. The summed E-state index contributed by atoms with van der Waals surface area (Å²) in [6.07, 6.45) is 0.614. The Morgan fingerprint density at radius 3 is 2.38 bits per heavy atom. The molecule has 8 nitrogen and oxygen atoms in total. The molecule has 2 amide bonds. The minimum Gasteiger partial charge on any atom is -0.446 e. The molecule has 6 atom stereocenters. The van der Waals surface area contributed by atoms with E-state index < -0.39 is 30.0 Å². The first-order chi connectivity index (χ1) is 16.4. The SMILES string of the molecule is C[C@@H]1C[C@H]([C@H](c2ccc(Cl)cc2)[C@H](N=[N+]=[N-])C(=O)N2C(=O)OC[C@@H]2c2ccccc2)C[C@H](C)O1. The van der Waals surface area contributed by atoms with Crippen molar-refractivity contribution in [2.45, 2.75) is 56.9 Å². The number of carbonyl (C=O) groups is 2. The van der Waals surface area contributed by atoms with E-state index in [9.17, 15) is 15.1 Å². The molecule has 0 unspecified atom stereocenters. The van der Waals surface area contributed by atoms with E-state index in [-0.39, 0.29) is 24.7 Å². The van der Waals surface area contributed by atoms with E-state index in [4.69, 9.17) is 21.1 Å². The largest absolute Gasteiger partial charge is 0.446 e. The highest BCUT2D eigenvalue weighted by atomic mass is 35.5. The van der Waals surface area contributed by atoms with Crippen molar-refractivity contribution in [1.29, 1.82) is 0 Å². The molecule has 2 saturated heterocycles. The number of ether oxygens (including phenoxy) is 2. The second-order valence-electron chi connectivity index (χ2n) is 8.93. The maximum atomic E-state index is 13.9. The standard InChI is InChI=1S/C25H27ClN4O4/c1-15-12-19(13-16(2)34-15)22(18-8-10-20(26)11-9-18)23(28-29-27)24(31)30-21(14-33-25(30)32)17-6-4-3-5-7-17/h3-11,15-16,19,21-23H,12-14H2,1-2H3/t15-,16+,19+,21-,22+,23+/m1/s1. The average molecular weight is 483 g/mol. The van der Waals surface area contributed by atoms with Crippen LogP contribution in [0, 0.1) is 5.92 Å². The van der Waals surface area contributed by atoms with Crippen molar-refractivity contribution in [1.82, 2.24) is 4.90 Å². The van der Waals surface area contributed by atoms with Crippen LogP contribution >= 0.6 is 11.6 Å². The van der Waals surface area contributed by atoms with E-state index in [1.807, 2.05) is 56.3 Å². The first kappa shape index (κ1) is 24.1. The average Bonchev–Trinajstić information content (AvgIpc) is 3.21. The highest BCUT2D eigenvalue weighted by Crippen LogP contribution is 2.42. The Morgan fingerprint density at radius 2 is 1.76 bits per heavy atom. The fourth-order valence-electron chi connectivity index (χ4n) is 5.21. The van der Waals surface area contributed by atoms with E-state index in [1.165, 1.54) is 0 Å². The summed E-state index contributed by atoms with van der Waals surface area (Å²) >= 11 is 6.12. The second kappa shape index (κ2) is 10.5. The lowest BCUT2D eigenvalue weighted by Gasteiger charge is -2.39. The van der Waals surface area contributed by atoms with Crippen molar-refractivity contribution >= 4 is 23.6 Å². The Kier molecular flexibility index (Phi) is 7.41. The molecule has 2 aromatic carbocycles. The van der Waals surface area contributed by atoms with Crippen molar-refractivity contribution in [3.63, 3.8) is 0 Å². The van der Waals surface area contributed by atoms with E-state index >= 15 is 0 Å². The van der Waals surface area contributed by atoms with Crippen molar-refractivity contribution in [3.8, 4) is 0 Å². The summed E-state index contributed by atoms with van der Waals surface area (Å²) in [6.45, 7) is 4.04. The van der Waals surface area contributed by atoms with Gasteiger partial charge in [0, 0.05) is 15.9 Å². The predicted molar refractivity (Wildman–Crippen MR) is 127 cm³/mol. The summed E-state index contributed by atoms with van der Waals surface area (Å²) in [5.41, 5.74) is 11.0. The number of nitrogens with zero attached hydrogens (tertiary/aromatic N) is 4. The van der Waals surface area contributed by atoms with Gasteiger partial charge in [-0.3, -0.25) is 4.79 Å². The molecule has 0 radical (unpaired) electrons. The Morgan fingerprint density at radius 1 is 1.12 bits per heavy atom. The number of amides is 2. The maximum Gasteiger partial charge on any atom is 0.417 e. The molecule has 0 bridgehead atoms. The van der Waals surface area contributed by atoms with Crippen LogP contribution in [0.4, 0.5) is 4.79 Å². The molecule has 2 aromatic rings. The molecule has 2 fully saturated rings. The van der Waals surface area contributed by atoms with Gasteiger partial charge in [-0.15, -0.1) is 0 Å². The van der Waals surface area contributed by atoms with Gasteiger partial charge in [0.25, 0.3) is 0 Å². The fourth-order valence-corrected chi connectivity index (χ4v) is 5.33. The maximum absolute atomic E-state index is 13.9. The molecule has 2 heterocycles. The van der Waals surface area contributed by atoms with Crippen LogP contribution in [0.15, 0.2) is 59.7 Å². The van der Waals surface area contributed by atoms with Crippen molar-refractivity contribution < 1.29 is 19.1 Å². The molecule has 0 aliphatic carbocycles. The summed E-state index contributed by atoms with van der Waals surface area (Å²) < 4.78 is 11.2. The lowest BCUT2D eigenvalue weighted by Crippen LogP contribution is -2.46. The Labute approximate surface area is 203 Å². The normalized spacial score (nSPS) is 26.3. The van der Waals surface area contributed by atoms with E-state index in [0.29, 0.717) is 17.9 Å². The predicted octanol–water partition coefficient (Wildman–Crippen LogP) is 6.03. The third-order valence-corrected chi connectivity index (χ3v) is 6.81. The summed E-state index contributed by atoms with van der Waals surface area (Å²) in [5.74, 6) is -1.03. The van der Waals surface area contributed by atoms with Crippen molar-refractivity contribution in [2.24, 2.45) is 11.0 Å². The molecular weight excluding hydrogens is 456 g/mol. The van der Waals surface area contributed by atoms with Gasteiger partial charge in [0.1, 0.15) is 18.7 Å². The van der Waals surface area contributed by atoms with Crippen molar-refractivity contribution in [3.05, 3.63) is 81.2 Å². The van der Waals surface area contributed by atoms with Gasteiger partial charge in [0.05, 0.1) is 12.2 Å². The number of rotatable bonds is 6. The molecule has 0 aromatic heterocycles. The van der Waals surface area contributed by atoms with Crippen LogP contribution in [0.1, 0.15) is 49.8 Å². The molecule has 0 spiro atoms. The minimum absolute atomic E-state index is 0.00632. The first-order valence-corrected chi connectivity index (χ1v) is 11.8. The lowest BCUT2D eigenvalue weighted by atomic mass is 9.74. The summed E-state index contributed by atoms with van der Waals surface area (Å²) in [7, 11) is 0. The Balaban J connectivity index is 1.75. The summed E-state index contributed by atoms with van der Waals surface area (Å²) in [4.78, 5) is 30.7. The van der Waals surface area contributed by atoms with Gasteiger partial charge >= 0.3 is 6.09 Å². The minimum atomic E-state index is -1.13. The summed E-state index contributed by atoms with van der Waals surface area (Å²) in [6, 6.07) is 14.7. The third-order valence-electron chi connectivity index (χ3n) is 6.56. The lowest BCUT2D eigenvalue weighted by molar-refractivity contribution is -0.132. The molecule has 0 saturated carbocycles. The molecule has 2 aliphatic heterocycles. The van der Waals surface area contributed by atoms with Crippen LogP contribution in [0.5, 0.6) is 0 Å². The Bertz CT molecular complexity index is 1060. The first-order valence-electron chi connectivity index (χ1n) is 11.4. The van der Waals surface area contributed by atoms with Gasteiger partial charge in [-0.2, -0.15) is 0 Å². The van der Waals surface area contributed by atoms with Crippen molar-refractivity contribution in [2.75, 3.05) is 6.61 Å². The number of imide groups is 1. The smallest absolute Gasteiger partial charge is 0.417 e. The molecule has 4 rings (SSSR count). The molecular formula is C25H27ClN4O4. The summed E-state index contributed by atoms with van der Waals surface area (Å²) in [5, 5.41) is 4.53. The second-order valence-corrected chi connectivity index (χ2v) is 9.36. The number of cyclic esters (lactones) is 1. The zero-order valence-electron chi connectivity index (χ0n) is 19.1. The van der Waals surface area contributed by atoms with Crippen LogP contribution < -0.4 is 0 Å². The fraction of sp³-hybridized carbons (Fsp3) is 0.440. The number of hydrogen-bond donors (Lipinski definition) is 0. The molecule has 0 N–H and O–H groups in total. The number of halogens is 1. The van der Waals surface area contributed by atoms with Crippen LogP contribution in [0.2, 0.25) is 5.02 Å². The Hall–Kier alpha value is -3.06. The van der Waals surface area contributed by atoms with Gasteiger partial charge in [-0.05, 0) is 61.4 Å². The topological polar surface area (TPSA) is 105 Å². The van der Waals surface area contributed by atoms with E-state index in [2.05, 4.69) is 10.0 Å². The quantitative estimate of drug-likeness (QED) is 0.285. The number of hydrogen-bond acceptors (Lipinski definition) is 5. The van der Waals surface area contributed by atoms with Gasteiger partial charge in [-0.1, -0.05) is 59.2 Å². The zero-order chi connectivity index (χ0) is 24.2. The van der Waals surface area contributed by atoms with E-state index in [1.54, 1.807) is 12.1 Å². The molecule has 178 valence electrons. The number of azide groups is 1. The number of benzene rings is 2. The van der Waals surface area contributed by atoms with Crippen LogP contribution in [0.25, 0.3) is 10.4 Å². The van der Waals surface area contributed by atoms with Gasteiger partial charge in [-0.25, -0.2) is 9.69 Å². The molecule has 2 aliphatic rings. The highest BCUT2D eigenvalue weighted by molar-refractivity contribution is 6.30. The van der Waals surface area contributed by atoms with Crippen LogP contribution in [0.3, 0.4) is 0 Å². The van der Waals surface area contributed by atoms with Crippen LogP contribution in [-0.4, -0.2) is 41.8 Å². The third kappa shape index (κ3) is 5.04. The molecule has 34 heavy (non-hydrogen) atoms. The van der Waals surface area contributed by atoms with Gasteiger partial charge < -0.3 is 9.47 Å². The number of carbonyl (C=O) groups excluding carboxylic acids is 2. The molecule has 9 heteroatoms. The highest BCUT2D eigenvalue weighted by Gasteiger charge is 2.46.